The molecule has 25 heavy (non-hydrogen) atoms. The maximum atomic E-state index is 11.3. The van der Waals surface area contributed by atoms with Gasteiger partial charge in [0.05, 0.1) is 11.4 Å². The zero-order valence-electron chi connectivity index (χ0n) is 14.6. The average molecular weight is 335 g/mol. The van der Waals surface area contributed by atoms with E-state index in [1.165, 1.54) is 0 Å². The van der Waals surface area contributed by atoms with Gasteiger partial charge in [-0.05, 0) is 50.6 Å². The van der Waals surface area contributed by atoms with Crippen molar-refractivity contribution in [2.75, 3.05) is 0 Å². The van der Waals surface area contributed by atoms with E-state index in [-0.39, 0.29) is 0 Å². The molecule has 5 nitrogen and oxygen atoms in total. The van der Waals surface area contributed by atoms with Crippen LogP contribution in [0.15, 0.2) is 54.6 Å². The third-order valence-electron chi connectivity index (χ3n) is 4.00. The summed E-state index contributed by atoms with van der Waals surface area (Å²) in [5.41, 5.74) is 10.2. The number of carbonyl (C=O) groups excluding carboxylic acids is 1. The van der Waals surface area contributed by atoms with Crippen LogP contribution in [0.25, 0.3) is 16.8 Å². The molecule has 0 spiro atoms. The molecule has 0 aliphatic carbocycles. The summed E-state index contributed by atoms with van der Waals surface area (Å²) in [7, 11) is 0. The molecule has 1 atom stereocenters. The Morgan fingerprint density at radius 1 is 1.12 bits per heavy atom. The number of aromatic nitrogens is 2. The molecule has 1 aromatic heterocycles. The van der Waals surface area contributed by atoms with Gasteiger partial charge >= 0.3 is 0 Å². The number of aryl methyl sites for hydroxylation is 2. The van der Waals surface area contributed by atoms with E-state index in [2.05, 4.69) is 11.2 Å². The minimum absolute atomic E-state index is 0.494. The number of hydrogen-bond donors (Lipinski definition) is 1. The lowest BCUT2D eigenvalue weighted by atomic mass is 10.0. The van der Waals surface area contributed by atoms with Gasteiger partial charge in [0.1, 0.15) is 5.75 Å². The number of ether oxygens (including phenoxy) is 1. The van der Waals surface area contributed by atoms with Gasteiger partial charge in [-0.1, -0.05) is 30.3 Å². The van der Waals surface area contributed by atoms with Gasteiger partial charge in [-0.25, -0.2) is 4.68 Å². The van der Waals surface area contributed by atoms with Crippen molar-refractivity contribution in [2.45, 2.75) is 26.9 Å². The number of rotatable bonds is 5. The lowest BCUT2D eigenvalue weighted by Gasteiger charge is -2.16. The van der Waals surface area contributed by atoms with Crippen LogP contribution in [0.3, 0.4) is 0 Å². The topological polar surface area (TPSA) is 70.1 Å². The SMILES string of the molecule is Cc1cc(C)n(-c2cccc(-c3ccccc3O[C@H](C)C(N)=O)c2)n1. The van der Waals surface area contributed by atoms with Crippen molar-refractivity contribution in [3.63, 3.8) is 0 Å². The van der Waals surface area contributed by atoms with Crippen LogP contribution < -0.4 is 10.5 Å². The van der Waals surface area contributed by atoms with E-state index >= 15 is 0 Å². The van der Waals surface area contributed by atoms with Crippen LogP contribution in [-0.2, 0) is 4.79 Å². The number of primary amides is 1. The Hall–Kier alpha value is -3.08. The van der Waals surface area contributed by atoms with E-state index in [1.807, 2.05) is 67.1 Å². The van der Waals surface area contributed by atoms with Gasteiger partial charge in [-0.2, -0.15) is 5.10 Å². The van der Waals surface area contributed by atoms with Crippen LogP contribution in [0.1, 0.15) is 18.3 Å². The van der Waals surface area contributed by atoms with Gasteiger partial charge in [0.25, 0.3) is 5.91 Å². The molecule has 2 N–H and O–H groups in total. The van der Waals surface area contributed by atoms with Crippen molar-refractivity contribution in [1.29, 1.82) is 0 Å². The molecule has 0 saturated carbocycles. The highest BCUT2D eigenvalue weighted by Crippen LogP contribution is 2.31. The molecule has 0 aliphatic heterocycles. The molecule has 0 radical (unpaired) electrons. The molecule has 5 heteroatoms. The van der Waals surface area contributed by atoms with E-state index in [4.69, 9.17) is 10.5 Å². The first kappa shape index (κ1) is 16.8. The maximum Gasteiger partial charge on any atom is 0.258 e. The van der Waals surface area contributed by atoms with Crippen LogP contribution in [0.5, 0.6) is 5.75 Å². The molecule has 1 heterocycles. The van der Waals surface area contributed by atoms with Gasteiger partial charge in [0.2, 0.25) is 0 Å². The van der Waals surface area contributed by atoms with E-state index in [1.54, 1.807) is 6.92 Å². The summed E-state index contributed by atoms with van der Waals surface area (Å²) < 4.78 is 7.65. The first-order valence-electron chi connectivity index (χ1n) is 8.15. The first-order valence-corrected chi connectivity index (χ1v) is 8.15. The maximum absolute atomic E-state index is 11.3. The normalized spacial score (nSPS) is 12.0. The van der Waals surface area contributed by atoms with Crippen molar-refractivity contribution in [1.82, 2.24) is 9.78 Å². The highest BCUT2D eigenvalue weighted by atomic mass is 16.5. The molecule has 0 saturated heterocycles. The zero-order valence-corrected chi connectivity index (χ0v) is 14.6. The minimum atomic E-state index is -0.694. The summed E-state index contributed by atoms with van der Waals surface area (Å²) >= 11 is 0. The summed E-state index contributed by atoms with van der Waals surface area (Å²) in [5.74, 6) is 0.130. The Bertz CT molecular complexity index is 915. The van der Waals surface area contributed by atoms with Crippen molar-refractivity contribution in [2.24, 2.45) is 5.73 Å². The van der Waals surface area contributed by atoms with Crippen molar-refractivity contribution in [3.05, 3.63) is 66.0 Å². The second kappa shape index (κ2) is 6.81. The predicted molar refractivity (Wildman–Crippen MR) is 97.8 cm³/mol. The predicted octanol–water partition coefficient (Wildman–Crippen LogP) is 3.41. The first-order chi connectivity index (χ1) is 12.0. The van der Waals surface area contributed by atoms with Crippen LogP contribution in [-0.4, -0.2) is 21.8 Å². The lowest BCUT2D eigenvalue weighted by molar-refractivity contribution is -0.123. The van der Waals surface area contributed by atoms with Crippen molar-refractivity contribution in [3.8, 4) is 22.6 Å². The number of carbonyl (C=O) groups is 1. The minimum Gasteiger partial charge on any atom is -0.480 e. The molecule has 2 aromatic carbocycles. The fourth-order valence-electron chi connectivity index (χ4n) is 2.75. The largest absolute Gasteiger partial charge is 0.480 e. The molecule has 0 fully saturated rings. The Morgan fingerprint density at radius 3 is 2.56 bits per heavy atom. The number of hydrogen-bond acceptors (Lipinski definition) is 3. The average Bonchev–Trinajstić information content (AvgIpc) is 2.94. The van der Waals surface area contributed by atoms with E-state index in [0.29, 0.717) is 5.75 Å². The van der Waals surface area contributed by atoms with E-state index in [0.717, 1.165) is 28.2 Å². The number of nitrogens with zero attached hydrogens (tertiary/aromatic N) is 2. The summed E-state index contributed by atoms with van der Waals surface area (Å²) in [4.78, 5) is 11.3. The molecule has 0 unspecified atom stereocenters. The van der Waals surface area contributed by atoms with E-state index in [9.17, 15) is 4.79 Å². The Labute approximate surface area is 147 Å². The molecule has 3 rings (SSSR count). The molecule has 0 bridgehead atoms. The number of para-hydroxylation sites is 1. The van der Waals surface area contributed by atoms with Crippen molar-refractivity contribution >= 4 is 5.91 Å². The van der Waals surface area contributed by atoms with Crippen LogP contribution in [0, 0.1) is 13.8 Å². The van der Waals surface area contributed by atoms with Crippen LogP contribution >= 0.6 is 0 Å². The van der Waals surface area contributed by atoms with Gasteiger partial charge in [-0.3, -0.25) is 4.79 Å². The third-order valence-corrected chi connectivity index (χ3v) is 4.00. The summed E-state index contributed by atoms with van der Waals surface area (Å²) in [6.07, 6.45) is -0.694. The molecular formula is C20H21N3O2. The number of nitrogens with two attached hydrogens (primary N) is 1. The second-order valence-electron chi connectivity index (χ2n) is 6.05. The Balaban J connectivity index is 2.02. The summed E-state index contributed by atoms with van der Waals surface area (Å²) in [6.45, 7) is 5.64. The lowest BCUT2D eigenvalue weighted by Crippen LogP contribution is -2.30. The van der Waals surface area contributed by atoms with Crippen molar-refractivity contribution < 1.29 is 9.53 Å². The fourth-order valence-corrected chi connectivity index (χ4v) is 2.75. The molecular weight excluding hydrogens is 314 g/mol. The monoisotopic (exact) mass is 335 g/mol. The Kier molecular flexibility index (Phi) is 4.57. The fraction of sp³-hybridized carbons (Fsp3) is 0.200. The highest BCUT2D eigenvalue weighted by molar-refractivity contribution is 5.79. The highest BCUT2D eigenvalue weighted by Gasteiger charge is 2.14. The number of amides is 1. The van der Waals surface area contributed by atoms with Gasteiger partial charge in [0, 0.05) is 11.3 Å². The zero-order chi connectivity index (χ0) is 18.0. The third kappa shape index (κ3) is 3.55. The molecule has 1 amide bonds. The molecule has 0 aliphatic rings. The second-order valence-corrected chi connectivity index (χ2v) is 6.05. The van der Waals surface area contributed by atoms with Gasteiger partial charge in [0.15, 0.2) is 6.10 Å². The quantitative estimate of drug-likeness (QED) is 0.777. The summed E-state index contributed by atoms with van der Waals surface area (Å²) in [6, 6.07) is 17.7. The van der Waals surface area contributed by atoms with Crippen LogP contribution in [0.2, 0.25) is 0 Å². The van der Waals surface area contributed by atoms with Gasteiger partial charge < -0.3 is 10.5 Å². The molecule has 3 aromatic rings. The van der Waals surface area contributed by atoms with Gasteiger partial charge in [-0.15, -0.1) is 0 Å². The number of benzene rings is 2. The van der Waals surface area contributed by atoms with E-state index < -0.39 is 12.0 Å². The van der Waals surface area contributed by atoms with Crippen LogP contribution in [0.4, 0.5) is 0 Å². The summed E-state index contributed by atoms with van der Waals surface area (Å²) in [5, 5.41) is 4.53. The standard InChI is InChI=1S/C20H21N3O2/c1-13-11-14(2)23(22-13)17-8-6-7-16(12-17)18-9-4-5-10-19(18)25-15(3)20(21)24/h4-12,15H,1-3H3,(H2,21,24)/t15-/m1/s1. The Morgan fingerprint density at radius 2 is 1.88 bits per heavy atom. The smallest absolute Gasteiger partial charge is 0.258 e. The molecule has 128 valence electrons.